The third kappa shape index (κ3) is 3.98. The highest BCUT2D eigenvalue weighted by molar-refractivity contribution is 5.94. The highest BCUT2D eigenvalue weighted by Gasteiger charge is 2.13. The molecule has 104 valence electrons. The fraction of sp³-hybridized carbons (Fsp3) is 0.562. The van der Waals surface area contributed by atoms with Crippen molar-refractivity contribution in [1.82, 2.24) is 4.90 Å². The predicted molar refractivity (Wildman–Crippen MR) is 79.5 cm³/mol. The second kappa shape index (κ2) is 6.60. The molecule has 0 aromatic heterocycles. The Morgan fingerprint density at radius 3 is 2.68 bits per heavy atom. The Bertz CT molecular complexity index is 423. The molecule has 19 heavy (non-hydrogen) atoms. The van der Waals surface area contributed by atoms with Crippen molar-refractivity contribution in [3.8, 4) is 0 Å². The lowest BCUT2D eigenvalue weighted by atomic mass is 9.89. The summed E-state index contributed by atoms with van der Waals surface area (Å²) in [6, 6.07) is 7.80. The Kier molecular flexibility index (Phi) is 4.83. The highest BCUT2D eigenvalue weighted by atomic mass is 16.2. The molecule has 1 aromatic rings. The number of anilines is 1. The first-order chi connectivity index (χ1) is 9.16. The molecule has 1 amide bonds. The van der Waals surface area contributed by atoms with E-state index < -0.39 is 0 Å². The molecule has 1 aliphatic carbocycles. The average Bonchev–Trinajstić information content (AvgIpc) is 2.45. The number of amides is 1. The molecule has 0 radical (unpaired) electrons. The summed E-state index contributed by atoms with van der Waals surface area (Å²) in [5.41, 5.74) is 1.80. The van der Waals surface area contributed by atoms with Crippen molar-refractivity contribution in [3.63, 3.8) is 0 Å². The molecule has 2 rings (SSSR count). The van der Waals surface area contributed by atoms with Gasteiger partial charge in [0.15, 0.2) is 0 Å². The summed E-state index contributed by atoms with van der Waals surface area (Å²) in [6.07, 6.45) is 6.80. The molecule has 1 saturated carbocycles. The Morgan fingerprint density at radius 2 is 2.00 bits per heavy atom. The molecular weight excluding hydrogens is 236 g/mol. The Labute approximate surface area is 116 Å². The first kappa shape index (κ1) is 13.9. The van der Waals surface area contributed by atoms with Gasteiger partial charge in [-0.05, 0) is 37.0 Å². The van der Waals surface area contributed by atoms with E-state index in [-0.39, 0.29) is 5.91 Å². The van der Waals surface area contributed by atoms with Gasteiger partial charge in [-0.2, -0.15) is 0 Å². The van der Waals surface area contributed by atoms with Crippen LogP contribution < -0.4 is 5.32 Å². The molecule has 0 bridgehead atoms. The lowest BCUT2D eigenvalue weighted by Gasteiger charge is -2.22. The number of rotatable bonds is 4. The number of hydrogen-bond donors (Lipinski definition) is 1. The maximum atomic E-state index is 11.9. The Morgan fingerprint density at radius 1 is 1.26 bits per heavy atom. The molecule has 1 fully saturated rings. The number of nitrogens with zero attached hydrogens (tertiary/aromatic N) is 1. The summed E-state index contributed by atoms with van der Waals surface area (Å²) in [4.78, 5) is 13.5. The molecular formula is C16H24N2O. The molecule has 3 heteroatoms. The van der Waals surface area contributed by atoms with Gasteiger partial charge in [0.25, 0.3) is 5.91 Å². The first-order valence-electron chi connectivity index (χ1n) is 7.22. The van der Waals surface area contributed by atoms with Crippen LogP contribution in [-0.4, -0.2) is 31.4 Å². The lowest BCUT2D eigenvalue weighted by Crippen LogP contribution is -2.22. The van der Waals surface area contributed by atoms with Gasteiger partial charge in [-0.3, -0.25) is 4.79 Å². The summed E-state index contributed by atoms with van der Waals surface area (Å²) in [7, 11) is 3.56. The molecule has 0 aliphatic heterocycles. The Balaban J connectivity index is 1.93. The van der Waals surface area contributed by atoms with Crippen molar-refractivity contribution in [1.29, 1.82) is 0 Å². The van der Waals surface area contributed by atoms with E-state index in [1.165, 1.54) is 32.1 Å². The van der Waals surface area contributed by atoms with Crippen LogP contribution in [-0.2, 0) is 0 Å². The van der Waals surface area contributed by atoms with Gasteiger partial charge < -0.3 is 10.2 Å². The van der Waals surface area contributed by atoms with Crippen LogP contribution in [0.4, 0.5) is 5.69 Å². The first-order valence-corrected chi connectivity index (χ1v) is 7.22. The van der Waals surface area contributed by atoms with E-state index >= 15 is 0 Å². The van der Waals surface area contributed by atoms with Crippen LogP contribution in [0.15, 0.2) is 24.3 Å². The van der Waals surface area contributed by atoms with E-state index in [9.17, 15) is 4.79 Å². The summed E-state index contributed by atoms with van der Waals surface area (Å²) < 4.78 is 0. The molecule has 1 aromatic carbocycles. The number of nitrogens with one attached hydrogen (secondary N) is 1. The number of benzene rings is 1. The quantitative estimate of drug-likeness (QED) is 0.900. The molecule has 1 N–H and O–H groups in total. The highest BCUT2D eigenvalue weighted by Crippen LogP contribution is 2.24. The normalized spacial score (nSPS) is 16.1. The van der Waals surface area contributed by atoms with Crippen LogP contribution >= 0.6 is 0 Å². The van der Waals surface area contributed by atoms with E-state index in [1.54, 1.807) is 19.0 Å². The molecule has 0 atom stereocenters. The van der Waals surface area contributed by atoms with Gasteiger partial charge in [-0.1, -0.05) is 25.3 Å². The monoisotopic (exact) mass is 260 g/mol. The molecule has 0 heterocycles. The average molecular weight is 260 g/mol. The van der Waals surface area contributed by atoms with Gasteiger partial charge in [0, 0.05) is 31.9 Å². The molecule has 0 spiro atoms. The summed E-state index contributed by atoms with van der Waals surface area (Å²) in [5.74, 6) is 0.850. The van der Waals surface area contributed by atoms with Gasteiger partial charge in [0.05, 0.1) is 0 Å². The van der Waals surface area contributed by atoms with Crippen LogP contribution in [0.3, 0.4) is 0 Å². The maximum absolute atomic E-state index is 11.9. The third-order valence-electron chi connectivity index (χ3n) is 3.84. The van der Waals surface area contributed by atoms with Crippen molar-refractivity contribution >= 4 is 11.6 Å². The van der Waals surface area contributed by atoms with Crippen molar-refractivity contribution in [2.24, 2.45) is 5.92 Å². The smallest absolute Gasteiger partial charge is 0.253 e. The van der Waals surface area contributed by atoms with E-state index in [2.05, 4.69) is 5.32 Å². The van der Waals surface area contributed by atoms with Gasteiger partial charge >= 0.3 is 0 Å². The van der Waals surface area contributed by atoms with Crippen LogP contribution in [0.25, 0.3) is 0 Å². The van der Waals surface area contributed by atoms with E-state index in [0.717, 1.165) is 23.7 Å². The van der Waals surface area contributed by atoms with E-state index in [4.69, 9.17) is 0 Å². The fourth-order valence-corrected chi connectivity index (χ4v) is 2.67. The lowest BCUT2D eigenvalue weighted by molar-refractivity contribution is 0.0827. The predicted octanol–water partition coefficient (Wildman–Crippen LogP) is 3.38. The Hall–Kier alpha value is -1.51. The van der Waals surface area contributed by atoms with E-state index in [0.29, 0.717) is 0 Å². The number of hydrogen-bond acceptors (Lipinski definition) is 2. The fourth-order valence-electron chi connectivity index (χ4n) is 2.67. The van der Waals surface area contributed by atoms with E-state index in [1.807, 2.05) is 24.3 Å². The van der Waals surface area contributed by atoms with Gasteiger partial charge in [-0.15, -0.1) is 0 Å². The third-order valence-corrected chi connectivity index (χ3v) is 3.84. The van der Waals surface area contributed by atoms with Crippen LogP contribution in [0.5, 0.6) is 0 Å². The maximum Gasteiger partial charge on any atom is 0.253 e. The van der Waals surface area contributed by atoms with Crippen molar-refractivity contribution < 1.29 is 4.79 Å². The summed E-state index contributed by atoms with van der Waals surface area (Å²) in [6.45, 7) is 1.03. The van der Waals surface area contributed by atoms with Crippen LogP contribution in [0.1, 0.15) is 42.5 Å². The van der Waals surface area contributed by atoms with Crippen LogP contribution in [0, 0.1) is 5.92 Å². The van der Waals surface area contributed by atoms with Gasteiger partial charge in [0.2, 0.25) is 0 Å². The zero-order chi connectivity index (χ0) is 13.7. The summed E-state index contributed by atoms with van der Waals surface area (Å²) in [5, 5.41) is 3.48. The van der Waals surface area contributed by atoms with Crippen LogP contribution in [0.2, 0.25) is 0 Å². The number of carbonyl (C=O) groups is 1. The minimum Gasteiger partial charge on any atom is -0.385 e. The second-order valence-electron chi connectivity index (χ2n) is 5.67. The van der Waals surface area contributed by atoms with Gasteiger partial charge in [-0.25, -0.2) is 0 Å². The van der Waals surface area contributed by atoms with Crippen molar-refractivity contribution in [3.05, 3.63) is 29.8 Å². The largest absolute Gasteiger partial charge is 0.385 e. The minimum absolute atomic E-state index is 0.0568. The standard InChI is InChI=1S/C16H24N2O/c1-18(2)16(19)14-9-6-10-15(11-14)17-12-13-7-4-3-5-8-13/h6,9-11,13,17H,3-5,7-8,12H2,1-2H3. The van der Waals surface area contributed by atoms with Crippen molar-refractivity contribution in [2.75, 3.05) is 26.0 Å². The SMILES string of the molecule is CN(C)C(=O)c1cccc(NCC2CCCCC2)c1. The second-order valence-corrected chi connectivity index (χ2v) is 5.67. The number of carbonyl (C=O) groups excluding carboxylic acids is 1. The molecule has 1 aliphatic rings. The zero-order valence-corrected chi connectivity index (χ0v) is 12.0. The molecule has 0 unspecified atom stereocenters. The molecule has 0 saturated heterocycles. The zero-order valence-electron chi connectivity index (χ0n) is 12.0. The minimum atomic E-state index is 0.0568. The molecule has 3 nitrogen and oxygen atoms in total. The van der Waals surface area contributed by atoms with Crippen molar-refractivity contribution in [2.45, 2.75) is 32.1 Å². The topological polar surface area (TPSA) is 32.3 Å². The summed E-state index contributed by atoms with van der Waals surface area (Å²) >= 11 is 0. The van der Waals surface area contributed by atoms with Gasteiger partial charge in [0.1, 0.15) is 0 Å².